The van der Waals surface area contributed by atoms with Gasteiger partial charge in [-0.1, -0.05) is 30.3 Å². The van der Waals surface area contributed by atoms with Crippen LogP contribution in [0.4, 0.5) is 0 Å². The number of aryl methyl sites for hydroxylation is 1. The molecular weight excluding hydrogens is 372 g/mol. The number of rotatable bonds is 7. The predicted molar refractivity (Wildman–Crippen MR) is 107 cm³/mol. The Morgan fingerprint density at radius 1 is 1.07 bits per heavy atom. The zero-order valence-electron chi connectivity index (χ0n) is 16.5. The molecule has 150 valence electrons. The Kier molecular flexibility index (Phi) is 5.68. The van der Waals surface area contributed by atoms with E-state index in [1.54, 1.807) is 23.9 Å². The highest BCUT2D eigenvalue weighted by molar-refractivity contribution is 5.89. The molecule has 0 aliphatic rings. The summed E-state index contributed by atoms with van der Waals surface area (Å²) in [6.45, 7) is 2.99. The minimum Gasteiger partial charge on any atom is -0.478 e. The van der Waals surface area contributed by atoms with Crippen molar-refractivity contribution in [1.29, 1.82) is 0 Å². The summed E-state index contributed by atoms with van der Waals surface area (Å²) >= 11 is 0. The summed E-state index contributed by atoms with van der Waals surface area (Å²) in [5.41, 5.74) is 1.54. The number of aromatic nitrogens is 2. The Morgan fingerprint density at radius 3 is 2.34 bits per heavy atom. The number of nitrogens with zero attached hydrogens (tertiary/aromatic N) is 2. The maximum Gasteiger partial charge on any atom is 0.347 e. The number of carbonyl (C=O) groups excluding carboxylic acids is 1. The van der Waals surface area contributed by atoms with Gasteiger partial charge in [0.1, 0.15) is 12.4 Å². The summed E-state index contributed by atoms with van der Waals surface area (Å²) < 4.78 is 12.5. The van der Waals surface area contributed by atoms with Crippen LogP contribution in [0.2, 0.25) is 0 Å². The summed E-state index contributed by atoms with van der Waals surface area (Å²) in [5, 5.41) is 13.6. The van der Waals surface area contributed by atoms with Crippen molar-refractivity contribution in [2.24, 2.45) is 7.05 Å². The van der Waals surface area contributed by atoms with Crippen LogP contribution in [0.15, 0.2) is 60.7 Å². The third kappa shape index (κ3) is 4.82. The molecule has 1 aromatic heterocycles. The fraction of sp³-hybridized carbons (Fsp3) is 0.227. The fourth-order valence-electron chi connectivity index (χ4n) is 2.61. The van der Waals surface area contributed by atoms with Crippen LogP contribution in [0, 0.1) is 0 Å². The average Bonchev–Trinajstić information content (AvgIpc) is 3.07. The first kappa shape index (κ1) is 20.1. The van der Waals surface area contributed by atoms with E-state index in [4.69, 9.17) is 14.6 Å². The fourth-order valence-corrected chi connectivity index (χ4v) is 2.61. The molecule has 0 aliphatic heterocycles. The molecular formula is C22H22N2O5. The first-order valence-electron chi connectivity index (χ1n) is 9.04. The van der Waals surface area contributed by atoms with Crippen molar-refractivity contribution in [1.82, 2.24) is 9.78 Å². The van der Waals surface area contributed by atoms with E-state index >= 15 is 0 Å². The largest absolute Gasteiger partial charge is 0.478 e. The maximum atomic E-state index is 12.3. The van der Waals surface area contributed by atoms with Gasteiger partial charge in [-0.25, -0.2) is 9.59 Å². The van der Waals surface area contributed by atoms with Gasteiger partial charge in [0.25, 0.3) is 0 Å². The lowest BCUT2D eigenvalue weighted by molar-refractivity contribution is -0.152. The van der Waals surface area contributed by atoms with Crippen LogP contribution in [0.5, 0.6) is 5.75 Å². The van der Waals surface area contributed by atoms with E-state index in [9.17, 15) is 9.59 Å². The second-order valence-electron chi connectivity index (χ2n) is 7.03. The van der Waals surface area contributed by atoms with Gasteiger partial charge in [0, 0.05) is 12.6 Å². The smallest absolute Gasteiger partial charge is 0.347 e. The standard InChI is InChI=1S/C22H22N2O5/c1-22(2,21(26)27)29-18-11-9-16(10-12-18)20(25)28-14-17-13-19(23-24(17)3)15-7-5-4-6-8-15/h4-13H,14H2,1-3H3,(H,26,27). The molecule has 0 aliphatic carbocycles. The van der Waals surface area contributed by atoms with E-state index in [2.05, 4.69) is 5.10 Å². The highest BCUT2D eigenvalue weighted by Gasteiger charge is 2.29. The quantitative estimate of drug-likeness (QED) is 0.615. The van der Waals surface area contributed by atoms with E-state index < -0.39 is 17.5 Å². The Hall–Kier alpha value is -3.61. The average molecular weight is 394 g/mol. The summed E-state index contributed by atoms with van der Waals surface area (Å²) in [6, 6.07) is 17.8. The second-order valence-corrected chi connectivity index (χ2v) is 7.03. The topological polar surface area (TPSA) is 90.7 Å². The van der Waals surface area contributed by atoms with E-state index in [1.165, 1.54) is 26.0 Å². The Bertz CT molecular complexity index is 1010. The number of carbonyl (C=O) groups is 2. The monoisotopic (exact) mass is 394 g/mol. The number of carboxylic acid groups (broad SMARTS) is 1. The van der Waals surface area contributed by atoms with Crippen molar-refractivity contribution in [3.63, 3.8) is 0 Å². The summed E-state index contributed by atoms with van der Waals surface area (Å²) in [7, 11) is 1.80. The van der Waals surface area contributed by atoms with Crippen LogP contribution in [-0.2, 0) is 23.2 Å². The molecule has 0 amide bonds. The lowest BCUT2D eigenvalue weighted by Gasteiger charge is -2.21. The molecule has 29 heavy (non-hydrogen) atoms. The highest BCUT2D eigenvalue weighted by Crippen LogP contribution is 2.21. The molecule has 2 aromatic carbocycles. The third-order valence-electron chi connectivity index (χ3n) is 4.38. The van der Waals surface area contributed by atoms with Gasteiger partial charge in [0.2, 0.25) is 0 Å². The number of hydrogen-bond donors (Lipinski definition) is 1. The van der Waals surface area contributed by atoms with Gasteiger partial charge in [-0.2, -0.15) is 5.10 Å². The van der Waals surface area contributed by atoms with Crippen LogP contribution >= 0.6 is 0 Å². The zero-order chi connectivity index (χ0) is 21.0. The Morgan fingerprint density at radius 2 is 1.72 bits per heavy atom. The molecule has 7 heteroatoms. The molecule has 7 nitrogen and oxygen atoms in total. The van der Waals surface area contributed by atoms with Crippen LogP contribution in [-0.4, -0.2) is 32.4 Å². The van der Waals surface area contributed by atoms with E-state index in [-0.39, 0.29) is 6.61 Å². The minimum atomic E-state index is -1.36. The van der Waals surface area contributed by atoms with Gasteiger partial charge in [-0.05, 0) is 44.2 Å². The number of ether oxygens (including phenoxy) is 2. The second kappa shape index (κ2) is 8.18. The van der Waals surface area contributed by atoms with Gasteiger partial charge in [0.15, 0.2) is 5.60 Å². The van der Waals surface area contributed by atoms with Gasteiger partial charge >= 0.3 is 11.9 Å². The molecule has 0 spiro atoms. The molecule has 0 unspecified atom stereocenters. The van der Waals surface area contributed by atoms with Crippen molar-refractivity contribution < 1.29 is 24.2 Å². The van der Waals surface area contributed by atoms with Crippen molar-refractivity contribution in [3.05, 3.63) is 71.9 Å². The summed E-state index contributed by atoms with van der Waals surface area (Å²) in [4.78, 5) is 23.5. The molecule has 0 bridgehead atoms. The molecule has 0 atom stereocenters. The van der Waals surface area contributed by atoms with Crippen LogP contribution in [0.1, 0.15) is 29.9 Å². The van der Waals surface area contributed by atoms with Crippen LogP contribution < -0.4 is 4.74 Å². The molecule has 1 N–H and O–H groups in total. The first-order valence-corrected chi connectivity index (χ1v) is 9.04. The zero-order valence-corrected chi connectivity index (χ0v) is 16.5. The van der Waals surface area contributed by atoms with Crippen molar-refractivity contribution in [2.75, 3.05) is 0 Å². The molecule has 1 heterocycles. The number of carboxylic acids is 1. The van der Waals surface area contributed by atoms with E-state index in [1.807, 2.05) is 36.4 Å². The Balaban J connectivity index is 1.63. The molecule has 0 radical (unpaired) electrons. The number of aliphatic carboxylic acids is 1. The van der Waals surface area contributed by atoms with Crippen LogP contribution in [0.3, 0.4) is 0 Å². The summed E-state index contributed by atoms with van der Waals surface area (Å²) in [6.07, 6.45) is 0. The van der Waals surface area contributed by atoms with Crippen molar-refractivity contribution in [3.8, 4) is 17.0 Å². The molecule has 0 saturated carbocycles. The van der Waals surface area contributed by atoms with Gasteiger partial charge in [0.05, 0.1) is 17.0 Å². The van der Waals surface area contributed by atoms with E-state index in [0.29, 0.717) is 11.3 Å². The van der Waals surface area contributed by atoms with Gasteiger partial charge in [-0.15, -0.1) is 0 Å². The van der Waals surface area contributed by atoms with Crippen LogP contribution in [0.25, 0.3) is 11.3 Å². The number of hydrogen-bond acceptors (Lipinski definition) is 5. The van der Waals surface area contributed by atoms with Crippen molar-refractivity contribution >= 4 is 11.9 Å². The SMILES string of the molecule is Cn1nc(-c2ccccc2)cc1COC(=O)c1ccc(OC(C)(C)C(=O)O)cc1. The maximum absolute atomic E-state index is 12.3. The molecule has 3 rings (SSSR count). The first-order chi connectivity index (χ1) is 13.8. The van der Waals surface area contributed by atoms with Crippen molar-refractivity contribution in [2.45, 2.75) is 26.1 Å². The normalized spacial score (nSPS) is 11.1. The molecule has 3 aromatic rings. The Labute approximate surface area is 168 Å². The molecule has 0 fully saturated rings. The summed E-state index contributed by atoms with van der Waals surface area (Å²) in [5.74, 6) is -1.21. The number of benzene rings is 2. The third-order valence-corrected chi connectivity index (χ3v) is 4.38. The van der Waals surface area contributed by atoms with E-state index in [0.717, 1.165) is 17.0 Å². The van der Waals surface area contributed by atoms with Gasteiger partial charge in [-0.3, -0.25) is 4.68 Å². The lowest BCUT2D eigenvalue weighted by atomic mass is 10.1. The minimum absolute atomic E-state index is 0.0828. The predicted octanol–water partition coefficient (Wildman–Crippen LogP) is 3.69. The lowest BCUT2D eigenvalue weighted by Crippen LogP contribution is -2.37. The van der Waals surface area contributed by atoms with Gasteiger partial charge < -0.3 is 14.6 Å². The molecule has 0 saturated heterocycles. The number of esters is 1. The highest BCUT2D eigenvalue weighted by atomic mass is 16.5.